The molecule has 0 amide bonds. The molecule has 114 valence electrons. The van der Waals surface area contributed by atoms with Gasteiger partial charge in [-0.25, -0.2) is 0 Å². The van der Waals surface area contributed by atoms with Crippen molar-refractivity contribution in [2.75, 3.05) is 0 Å². The minimum absolute atomic E-state index is 0.0185. The summed E-state index contributed by atoms with van der Waals surface area (Å²) in [5, 5.41) is 0. The molecule has 6 heteroatoms. The molecule has 0 aromatic rings. The van der Waals surface area contributed by atoms with Crippen molar-refractivity contribution in [3.05, 3.63) is 0 Å². The number of carbonyl (C=O) groups is 4. The second-order valence-corrected chi connectivity index (χ2v) is 4.79. The van der Waals surface area contributed by atoms with Crippen LogP contribution in [0.5, 0.6) is 0 Å². The van der Waals surface area contributed by atoms with E-state index in [2.05, 4.69) is 0 Å². The maximum Gasteiger partial charge on any atom is 0.306 e. The summed E-state index contributed by atoms with van der Waals surface area (Å²) in [5.74, 6) is -1.17. The minimum atomic E-state index is -0.601. The van der Waals surface area contributed by atoms with Crippen molar-refractivity contribution in [3.8, 4) is 0 Å². The van der Waals surface area contributed by atoms with Gasteiger partial charge >= 0.3 is 11.9 Å². The largest absolute Gasteiger partial charge is 0.459 e. The number of carbonyl (C=O) groups excluding carboxylic acids is 4. The molecule has 0 fully saturated rings. The highest BCUT2D eigenvalue weighted by molar-refractivity contribution is 5.81. The Hall–Kier alpha value is -1.72. The molecular weight excluding hydrogens is 264 g/mol. The molecule has 0 heterocycles. The zero-order chi connectivity index (χ0) is 15.7. The van der Waals surface area contributed by atoms with Gasteiger partial charge < -0.3 is 19.1 Å². The summed E-state index contributed by atoms with van der Waals surface area (Å²) < 4.78 is 10.1. The van der Waals surface area contributed by atoms with Crippen LogP contribution in [0.4, 0.5) is 0 Å². The van der Waals surface area contributed by atoms with Crippen LogP contribution in [0.1, 0.15) is 53.4 Å². The first-order chi connectivity index (χ1) is 9.22. The van der Waals surface area contributed by atoms with Crippen LogP contribution in [-0.2, 0) is 28.7 Å². The van der Waals surface area contributed by atoms with Crippen molar-refractivity contribution in [2.45, 2.75) is 65.6 Å². The molecule has 0 spiro atoms. The zero-order valence-corrected chi connectivity index (χ0v) is 12.4. The van der Waals surface area contributed by atoms with Crippen LogP contribution in [-0.4, -0.2) is 35.7 Å². The number of hydrogen-bond acceptors (Lipinski definition) is 6. The first-order valence-corrected chi connectivity index (χ1v) is 6.60. The molecule has 6 nitrogen and oxygen atoms in total. The van der Waals surface area contributed by atoms with Crippen molar-refractivity contribution in [1.82, 2.24) is 0 Å². The van der Waals surface area contributed by atoms with Gasteiger partial charge in [0.15, 0.2) is 0 Å². The van der Waals surface area contributed by atoms with Crippen molar-refractivity contribution >= 4 is 23.5 Å². The van der Waals surface area contributed by atoms with Gasteiger partial charge in [-0.2, -0.15) is 0 Å². The third-order valence-electron chi connectivity index (χ3n) is 2.66. The Labute approximate surface area is 118 Å². The maximum atomic E-state index is 11.4. The molecule has 0 aromatic heterocycles. The van der Waals surface area contributed by atoms with Gasteiger partial charge in [-0.05, 0) is 27.7 Å². The van der Waals surface area contributed by atoms with Gasteiger partial charge in [0.2, 0.25) is 0 Å². The van der Waals surface area contributed by atoms with Crippen LogP contribution < -0.4 is 0 Å². The minimum Gasteiger partial charge on any atom is -0.459 e. The average Bonchev–Trinajstić information content (AvgIpc) is 2.33. The van der Waals surface area contributed by atoms with Gasteiger partial charge in [0.05, 0.1) is 12.8 Å². The van der Waals surface area contributed by atoms with Gasteiger partial charge in [-0.3, -0.25) is 9.59 Å². The predicted molar refractivity (Wildman–Crippen MR) is 70.9 cm³/mol. The molecule has 0 radical (unpaired) electrons. The van der Waals surface area contributed by atoms with Crippen LogP contribution in [0.2, 0.25) is 0 Å². The highest BCUT2D eigenvalue weighted by Crippen LogP contribution is 2.08. The van der Waals surface area contributed by atoms with E-state index in [1.807, 2.05) is 0 Å². The molecule has 0 bridgehead atoms. The molecule has 0 rings (SSSR count). The van der Waals surface area contributed by atoms with Crippen molar-refractivity contribution in [2.24, 2.45) is 0 Å². The van der Waals surface area contributed by atoms with Crippen LogP contribution >= 0.6 is 0 Å². The summed E-state index contributed by atoms with van der Waals surface area (Å²) in [6.07, 6.45) is -0.891. The molecule has 0 saturated carbocycles. The average molecular weight is 286 g/mol. The summed E-state index contributed by atoms with van der Waals surface area (Å²) in [5.41, 5.74) is 0. The first kappa shape index (κ1) is 18.3. The lowest BCUT2D eigenvalue weighted by molar-refractivity contribution is -0.165. The monoisotopic (exact) mass is 286 g/mol. The van der Waals surface area contributed by atoms with E-state index in [1.54, 1.807) is 13.8 Å². The number of hydrogen-bond donors (Lipinski definition) is 0. The Morgan fingerprint density at radius 3 is 1.25 bits per heavy atom. The summed E-state index contributed by atoms with van der Waals surface area (Å²) >= 11 is 0. The lowest BCUT2D eigenvalue weighted by Gasteiger charge is -2.20. The fourth-order valence-corrected chi connectivity index (χ4v) is 1.28. The van der Waals surface area contributed by atoms with Gasteiger partial charge in [0, 0.05) is 12.8 Å². The molecule has 2 atom stereocenters. The number of ketones is 2. The summed E-state index contributed by atoms with van der Waals surface area (Å²) in [6, 6.07) is 0. The summed E-state index contributed by atoms with van der Waals surface area (Å²) in [6.45, 7) is 6.01. The second kappa shape index (κ2) is 9.23. The van der Waals surface area contributed by atoms with E-state index >= 15 is 0 Å². The highest BCUT2D eigenvalue weighted by Gasteiger charge is 2.20. The van der Waals surface area contributed by atoms with E-state index in [0.717, 1.165) is 0 Å². The van der Waals surface area contributed by atoms with Crippen LogP contribution in [0.3, 0.4) is 0 Å². The van der Waals surface area contributed by atoms with Gasteiger partial charge in [-0.15, -0.1) is 0 Å². The third-order valence-corrected chi connectivity index (χ3v) is 2.66. The number of ether oxygens (including phenoxy) is 2. The first-order valence-electron chi connectivity index (χ1n) is 6.60. The van der Waals surface area contributed by atoms with Crippen LogP contribution in [0.25, 0.3) is 0 Å². The second-order valence-electron chi connectivity index (χ2n) is 4.79. The van der Waals surface area contributed by atoms with Crippen LogP contribution in [0, 0.1) is 0 Å². The molecule has 0 N–H and O–H groups in total. The van der Waals surface area contributed by atoms with Crippen molar-refractivity contribution in [1.29, 1.82) is 0 Å². The van der Waals surface area contributed by atoms with E-state index in [1.165, 1.54) is 13.8 Å². The van der Waals surface area contributed by atoms with E-state index in [9.17, 15) is 19.2 Å². The normalized spacial score (nSPS) is 13.2. The van der Waals surface area contributed by atoms with Gasteiger partial charge in [-0.1, -0.05) is 0 Å². The lowest BCUT2D eigenvalue weighted by atomic mass is 10.2. The fraction of sp³-hybridized carbons (Fsp3) is 0.714. The predicted octanol–water partition coefficient (Wildman–Crippen LogP) is 1.59. The molecular formula is C14H22O6. The van der Waals surface area contributed by atoms with E-state index in [-0.39, 0.29) is 37.2 Å². The SMILES string of the molecule is CC(=O)CCC(=O)OC(C)C(C)OC(=O)CCC(C)=O. The zero-order valence-electron chi connectivity index (χ0n) is 12.4. The fourth-order valence-electron chi connectivity index (χ4n) is 1.28. The Morgan fingerprint density at radius 1 is 0.700 bits per heavy atom. The number of esters is 2. The molecule has 20 heavy (non-hydrogen) atoms. The van der Waals surface area contributed by atoms with Crippen molar-refractivity contribution < 1.29 is 28.7 Å². The van der Waals surface area contributed by atoms with Gasteiger partial charge in [0.1, 0.15) is 23.8 Å². The van der Waals surface area contributed by atoms with E-state index < -0.39 is 24.1 Å². The van der Waals surface area contributed by atoms with Gasteiger partial charge in [0.25, 0.3) is 0 Å². The van der Waals surface area contributed by atoms with Crippen LogP contribution in [0.15, 0.2) is 0 Å². The smallest absolute Gasteiger partial charge is 0.306 e. The third kappa shape index (κ3) is 9.24. The number of Topliss-reactive ketones (excluding diaryl/α,β-unsaturated/α-hetero) is 2. The standard InChI is InChI=1S/C14H22O6/c1-9(15)5-7-13(17)19-11(3)12(4)20-14(18)8-6-10(2)16/h11-12H,5-8H2,1-4H3. The topological polar surface area (TPSA) is 86.7 Å². The van der Waals surface area contributed by atoms with E-state index in [0.29, 0.717) is 0 Å². The molecule has 0 aromatic carbocycles. The Kier molecular flexibility index (Phi) is 8.43. The highest BCUT2D eigenvalue weighted by atomic mass is 16.6. The summed E-state index contributed by atoms with van der Waals surface area (Å²) in [7, 11) is 0. The molecule has 0 aliphatic heterocycles. The van der Waals surface area contributed by atoms with Crippen molar-refractivity contribution in [3.63, 3.8) is 0 Å². The Balaban J connectivity index is 4.04. The number of rotatable bonds is 9. The molecule has 2 unspecified atom stereocenters. The Morgan fingerprint density at radius 2 is 1.00 bits per heavy atom. The summed E-state index contributed by atoms with van der Waals surface area (Å²) in [4.78, 5) is 44.3. The molecule has 0 aliphatic carbocycles. The van der Waals surface area contributed by atoms with E-state index in [4.69, 9.17) is 9.47 Å². The lowest BCUT2D eigenvalue weighted by Crippen LogP contribution is -2.30. The molecule has 0 aliphatic rings. The Bertz CT molecular complexity index is 338. The maximum absolute atomic E-state index is 11.4. The quantitative estimate of drug-likeness (QED) is 0.598. The molecule has 0 saturated heterocycles.